The number of aryl methyl sites for hydroxylation is 1. The molecule has 1 rings (SSSR count). The van der Waals surface area contributed by atoms with Gasteiger partial charge in [-0.1, -0.05) is 0 Å². The summed E-state index contributed by atoms with van der Waals surface area (Å²) in [5, 5.41) is 2.84. The molecule has 0 unspecified atom stereocenters. The maximum atomic E-state index is 11.7. The molecular weight excluding hydrogens is 290 g/mol. The van der Waals surface area contributed by atoms with Gasteiger partial charge in [0.25, 0.3) is 0 Å². The predicted octanol–water partition coefficient (Wildman–Crippen LogP) is 1.65. The van der Waals surface area contributed by atoms with Gasteiger partial charge in [-0.15, -0.1) is 0 Å². The normalized spacial score (nSPS) is 10.7. The highest BCUT2D eigenvalue weighted by atomic mass is 16.5. The second-order valence-corrected chi connectivity index (χ2v) is 4.22. The first-order valence-corrected chi connectivity index (χ1v) is 6.34. The number of nitrogens with one attached hydrogen (secondary N) is 1. The number of carbonyl (C=O) groups is 2. The Hall–Kier alpha value is -2.70. The van der Waals surface area contributed by atoms with Gasteiger partial charge < -0.3 is 24.3 Å². The molecule has 120 valence electrons. The van der Waals surface area contributed by atoms with Crippen LogP contribution in [0.5, 0.6) is 11.5 Å². The second-order valence-electron chi connectivity index (χ2n) is 4.22. The molecule has 1 aromatic rings. The molecule has 1 N–H and O–H groups in total. The van der Waals surface area contributed by atoms with E-state index in [4.69, 9.17) is 9.47 Å². The van der Waals surface area contributed by atoms with Gasteiger partial charge in [-0.25, -0.2) is 9.59 Å². The molecule has 0 atom stereocenters. The van der Waals surface area contributed by atoms with Crippen molar-refractivity contribution >= 4 is 17.6 Å². The van der Waals surface area contributed by atoms with Gasteiger partial charge in [0.2, 0.25) is 0 Å². The van der Waals surface area contributed by atoms with E-state index in [1.807, 2.05) is 6.92 Å². The van der Waals surface area contributed by atoms with Gasteiger partial charge in [-0.3, -0.25) is 0 Å². The van der Waals surface area contributed by atoms with Crippen LogP contribution in [-0.4, -0.2) is 40.4 Å². The van der Waals surface area contributed by atoms with Gasteiger partial charge in [0.05, 0.1) is 34.5 Å². The molecule has 0 heterocycles. The fraction of sp³-hybridized carbons (Fsp3) is 0.333. The average molecular weight is 309 g/mol. The lowest BCUT2D eigenvalue weighted by molar-refractivity contribution is -0.138. The van der Waals surface area contributed by atoms with E-state index < -0.39 is 11.9 Å². The average Bonchev–Trinajstić information content (AvgIpc) is 2.54. The number of esters is 2. The van der Waals surface area contributed by atoms with Crippen molar-refractivity contribution < 1.29 is 28.5 Å². The Morgan fingerprint density at radius 2 is 1.59 bits per heavy atom. The van der Waals surface area contributed by atoms with Gasteiger partial charge in [-0.2, -0.15) is 0 Å². The largest absolute Gasteiger partial charge is 0.493 e. The lowest BCUT2D eigenvalue weighted by atomic mass is 10.1. The van der Waals surface area contributed by atoms with Crippen molar-refractivity contribution in [1.29, 1.82) is 0 Å². The van der Waals surface area contributed by atoms with Gasteiger partial charge in [0.1, 0.15) is 5.70 Å². The SMILES string of the molecule is COC(=O)/C=C(/Nc1cc(OC)c(OC)cc1C)C(=O)OC. The molecular formula is C15H19NO6. The van der Waals surface area contributed by atoms with Crippen LogP contribution in [0.25, 0.3) is 0 Å². The predicted molar refractivity (Wildman–Crippen MR) is 80.0 cm³/mol. The van der Waals surface area contributed by atoms with Crippen molar-refractivity contribution in [3.8, 4) is 11.5 Å². The molecule has 0 saturated carbocycles. The number of carbonyl (C=O) groups excluding carboxylic acids is 2. The number of rotatable bonds is 6. The highest BCUT2D eigenvalue weighted by Gasteiger charge is 2.15. The standard InChI is InChI=1S/C15H19NO6/c1-9-6-12(19-2)13(20-3)7-10(9)16-11(15(18)22-5)8-14(17)21-4/h6-8,16H,1-5H3/b11-8+. The van der Waals surface area contributed by atoms with Gasteiger partial charge in [0, 0.05) is 11.8 Å². The second kappa shape index (κ2) is 7.92. The maximum Gasteiger partial charge on any atom is 0.354 e. The molecule has 1 aromatic carbocycles. The quantitative estimate of drug-likeness (QED) is 0.632. The Morgan fingerprint density at radius 1 is 1.00 bits per heavy atom. The summed E-state index contributed by atoms with van der Waals surface area (Å²) in [7, 11) is 5.47. The summed E-state index contributed by atoms with van der Waals surface area (Å²) in [4.78, 5) is 23.1. The summed E-state index contributed by atoms with van der Waals surface area (Å²) in [6.07, 6.45) is 1.02. The van der Waals surface area contributed by atoms with Crippen molar-refractivity contribution in [2.45, 2.75) is 6.92 Å². The van der Waals surface area contributed by atoms with Gasteiger partial charge in [-0.05, 0) is 18.6 Å². The maximum absolute atomic E-state index is 11.7. The molecule has 0 aliphatic rings. The Balaban J connectivity index is 3.21. The van der Waals surface area contributed by atoms with Crippen molar-refractivity contribution in [2.24, 2.45) is 0 Å². The highest BCUT2D eigenvalue weighted by molar-refractivity contribution is 5.98. The minimum Gasteiger partial charge on any atom is -0.493 e. The van der Waals surface area contributed by atoms with Crippen LogP contribution in [0, 0.1) is 6.92 Å². The summed E-state index contributed by atoms with van der Waals surface area (Å²) in [6.45, 7) is 1.82. The van der Waals surface area contributed by atoms with E-state index >= 15 is 0 Å². The Kier molecular flexibility index (Phi) is 6.25. The zero-order valence-corrected chi connectivity index (χ0v) is 13.2. The minimum absolute atomic E-state index is 0.0512. The molecule has 0 bridgehead atoms. The third kappa shape index (κ3) is 4.15. The Morgan fingerprint density at radius 3 is 2.09 bits per heavy atom. The fourth-order valence-electron chi connectivity index (χ4n) is 1.69. The molecule has 0 aliphatic carbocycles. The van der Waals surface area contributed by atoms with Gasteiger partial charge >= 0.3 is 11.9 Å². The third-order valence-corrected chi connectivity index (χ3v) is 2.87. The molecule has 0 spiro atoms. The molecule has 0 aliphatic heterocycles. The molecule has 7 nitrogen and oxygen atoms in total. The summed E-state index contributed by atoms with van der Waals surface area (Å²) in [6, 6.07) is 3.40. The van der Waals surface area contributed by atoms with Crippen molar-refractivity contribution in [1.82, 2.24) is 0 Å². The van der Waals surface area contributed by atoms with E-state index in [-0.39, 0.29) is 5.70 Å². The summed E-state index contributed by atoms with van der Waals surface area (Å²) in [5.41, 5.74) is 1.31. The molecule has 0 fully saturated rings. The first-order chi connectivity index (χ1) is 10.5. The lowest BCUT2D eigenvalue weighted by Crippen LogP contribution is -2.16. The smallest absolute Gasteiger partial charge is 0.354 e. The zero-order valence-electron chi connectivity index (χ0n) is 13.2. The van der Waals surface area contributed by atoms with Crippen LogP contribution in [0.4, 0.5) is 5.69 Å². The fourth-order valence-corrected chi connectivity index (χ4v) is 1.69. The summed E-state index contributed by atoms with van der Waals surface area (Å²) in [5.74, 6) is -0.328. The van der Waals surface area contributed by atoms with E-state index in [1.165, 1.54) is 28.4 Å². The van der Waals surface area contributed by atoms with Crippen LogP contribution < -0.4 is 14.8 Å². The monoisotopic (exact) mass is 309 g/mol. The highest BCUT2D eigenvalue weighted by Crippen LogP contribution is 2.33. The van der Waals surface area contributed by atoms with Crippen LogP contribution in [0.3, 0.4) is 0 Å². The van der Waals surface area contributed by atoms with E-state index in [1.54, 1.807) is 12.1 Å². The van der Waals surface area contributed by atoms with Crippen LogP contribution in [0.15, 0.2) is 23.9 Å². The van der Waals surface area contributed by atoms with Crippen LogP contribution in [0.2, 0.25) is 0 Å². The van der Waals surface area contributed by atoms with E-state index in [0.29, 0.717) is 17.2 Å². The third-order valence-electron chi connectivity index (χ3n) is 2.87. The molecule has 7 heteroatoms. The molecule has 0 saturated heterocycles. The minimum atomic E-state index is -0.695. The van der Waals surface area contributed by atoms with Crippen LogP contribution >= 0.6 is 0 Å². The van der Waals surface area contributed by atoms with Crippen LogP contribution in [-0.2, 0) is 19.1 Å². The Labute approximate surface area is 128 Å². The van der Waals surface area contributed by atoms with Gasteiger partial charge in [0.15, 0.2) is 11.5 Å². The summed E-state index contributed by atoms with van der Waals surface area (Å²) < 4.78 is 19.6. The first kappa shape index (κ1) is 17.4. The Bertz CT molecular complexity index is 594. The molecule has 0 aromatic heterocycles. The first-order valence-electron chi connectivity index (χ1n) is 6.34. The van der Waals surface area contributed by atoms with Crippen molar-refractivity contribution in [3.05, 3.63) is 29.5 Å². The number of ether oxygens (including phenoxy) is 4. The molecule has 0 radical (unpaired) electrons. The summed E-state index contributed by atoms with van der Waals surface area (Å²) >= 11 is 0. The van der Waals surface area contributed by atoms with E-state index in [0.717, 1.165) is 11.6 Å². The topological polar surface area (TPSA) is 83.1 Å². The number of hydrogen-bond donors (Lipinski definition) is 1. The van der Waals surface area contributed by atoms with E-state index in [9.17, 15) is 9.59 Å². The molecule has 22 heavy (non-hydrogen) atoms. The lowest BCUT2D eigenvalue weighted by Gasteiger charge is -2.15. The number of benzene rings is 1. The zero-order chi connectivity index (χ0) is 16.7. The number of methoxy groups -OCH3 is 4. The van der Waals surface area contributed by atoms with E-state index in [2.05, 4.69) is 14.8 Å². The molecule has 0 amide bonds. The number of hydrogen-bond acceptors (Lipinski definition) is 7. The van der Waals surface area contributed by atoms with Crippen molar-refractivity contribution in [3.63, 3.8) is 0 Å². The van der Waals surface area contributed by atoms with Crippen LogP contribution in [0.1, 0.15) is 5.56 Å². The van der Waals surface area contributed by atoms with Crippen molar-refractivity contribution in [2.75, 3.05) is 33.8 Å². The number of anilines is 1.